The van der Waals surface area contributed by atoms with Gasteiger partial charge in [-0.2, -0.15) is 0 Å². The highest BCUT2D eigenvalue weighted by Gasteiger charge is 2.37. The zero-order valence-electron chi connectivity index (χ0n) is 13.7. The number of esters is 1. The van der Waals surface area contributed by atoms with Gasteiger partial charge >= 0.3 is 5.97 Å². The molecular weight excluding hydrogens is 262 g/mol. The van der Waals surface area contributed by atoms with Crippen LogP contribution in [0.25, 0.3) is 0 Å². The van der Waals surface area contributed by atoms with Gasteiger partial charge in [0.15, 0.2) is 0 Å². The first-order valence-electron chi connectivity index (χ1n) is 7.86. The van der Waals surface area contributed by atoms with Crippen molar-refractivity contribution in [2.75, 3.05) is 13.7 Å². The van der Waals surface area contributed by atoms with Crippen LogP contribution in [0.1, 0.15) is 44.7 Å². The summed E-state index contributed by atoms with van der Waals surface area (Å²) in [5, 5.41) is 0. The summed E-state index contributed by atoms with van der Waals surface area (Å²) < 4.78 is 5.24. The number of cyclic esters (lactones) is 1. The average molecular weight is 289 g/mol. The predicted molar refractivity (Wildman–Crippen MR) is 85.0 cm³/mol. The minimum Gasteiger partial charge on any atom is -0.465 e. The molecule has 1 aromatic carbocycles. The first kappa shape index (κ1) is 16.0. The SMILES string of the molecule is CC(C)N(C)Cc1cccc(CC2(C)CCCOC2=O)c1. The van der Waals surface area contributed by atoms with Gasteiger partial charge in [0.1, 0.15) is 0 Å². The molecule has 1 aliphatic heterocycles. The van der Waals surface area contributed by atoms with E-state index in [-0.39, 0.29) is 11.4 Å². The number of nitrogens with zero attached hydrogens (tertiary/aromatic N) is 1. The Labute approximate surface area is 128 Å². The third kappa shape index (κ3) is 4.07. The molecule has 0 amide bonds. The van der Waals surface area contributed by atoms with Crippen molar-refractivity contribution in [2.45, 2.75) is 52.6 Å². The molecule has 1 atom stereocenters. The second kappa shape index (κ2) is 6.61. The molecule has 0 radical (unpaired) electrons. The van der Waals surface area contributed by atoms with E-state index in [2.05, 4.69) is 50.1 Å². The summed E-state index contributed by atoms with van der Waals surface area (Å²) in [7, 11) is 2.14. The Kier molecular flexibility index (Phi) is 5.04. The van der Waals surface area contributed by atoms with Crippen LogP contribution in [0, 0.1) is 5.41 Å². The van der Waals surface area contributed by atoms with Crippen LogP contribution in [0.5, 0.6) is 0 Å². The smallest absolute Gasteiger partial charge is 0.312 e. The van der Waals surface area contributed by atoms with Crippen LogP contribution in [-0.2, 0) is 22.5 Å². The molecule has 21 heavy (non-hydrogen) atoms. The normalized spacial score (nSPS) is 22.7. The molecular formula is C18H27NO2. The summed E-state index contributed by atoms with van der Waals surface area (Å²) in [6.07, 6.45) is 2.66. The van der Waals surface area contributed by atoms with Crippen molar-refractivity contribution in [3.8, 4) is 0 Å². The minimum absolute atomic E-state index is 0.0431. The Morgan fingerprint density at radius 2 is 2.05 bits per heavy atom. The highest BCUT2D eigenvalue weighted by atomic mass is 16.5. The molecule has 1 saturated heterocycles. The Hall–Kier alpha value is -1.35. The van der Waals surface area contributed by atoms with Crippen molar-refractivity contribution in [3.63, 3.8) is 0 Å². The molecule has 0 N–H and O–H groups in total. The number of carbonyl (C=O) groups is 1. The Balaban J connectivity index is 2.08. The van der Waals surface area contributed by atoms with Crippen molar-refractivity contribution < 1.29 is 9.53 Å². The molecule has 3 nitrogen and oxygen atoms in total. The quantitative estimate of drug-likeness (QED) is 0.778. The van der Waals surface area contributed by atoms with E-state index >= 15 is 0 Å². The van der Waals surface area contributed by atoms with Gasteiger partial charge in [-0.25, -0.2) is 0 Å². The summed E-state index contributed by atoms with van der Waals surface area (Å²) in [4.78, 5) is 14.4. The molecule has 1 fully saturated rings. The number of benzene rings is 1. The third-order valence-electron chi connectivity index (χ3n) is 4.50. The monoisotopic (exact) mass is 289 g/mol. The molecule has 0 bridgehead atoms. The van der Waals surface area contributed by atoms with Gasteiger partial charge in [0.25, 0.3) is 0 Å². The molecule has 0 aromatic heterocycles. The maximum atomic E-state index is 12.0. The van der Waals surface area contributed by atoms with Gasteiger partial charge in [-0.05, 0) is 58.2 Å². The summed E-state index contributed by atoms with van der Waals surface area (Å²) in [5.41, 5.74) is 2.17. The van der Waals surface area contributed by atoms with E-state index in [0.717, 1.165) is 25.8 Å². The van der Waals surface area contributed by atoms with Gasteiger partial charge in [0.2, 0.25) is 0 Å². The highest BCUT2D eigenvalue weighted by Crippen LogP contribution is 2.33. The number of carbonyl (C=O) groups excluding carboxylic acids is 1. The highest BCUT2D eigenvalue weighted by molar-refractivity contribution is 5.77. The second-order valence-corrected chi connectivity index (χ2v) is 6.81. The molecule has 1 aliphatic rings. The van der Waals surface area contributed by atoms with Gasteiger partial charge in [-0.3, -0.25) is 9.69 Å². The van der Waals surface area contributed by atoms with Crippen LogP contribution < -0.4 is 0 Å². The zero-order chi connectivity index (χ0) is 15.5. The topological polar surface area (TPSA) is 29.5 Å². The molecule has 1 heterocycles. The lowest BCUT2D eigenvalue weighted by atomic mass is 9.78. The van der Waals surface area contributed by atoms with Gasteiger partial charge in [0, 0.05) is 12.6 Å². The Bertz CT molecular complexity index is 498. The minimum atomic E-state index is -0.360. The average Bonchev–Trinajstić information content (AvgIpc) is 2.42. The lowest BCUT2D eigenvalue weighted by Crippen LogP contribution is -2.36. The van der Waals surface area contributed by atoms with Gasteiger partial charge in [0.05, 0.1) is 12.0 Å². The van der Waals surface area contributed by atoms with Crippen molar-refractivity contribution in [2.24, 2.45) is 5.41 Å². The molecule has 0 aliphatic carbocycles. The van der Waals surface area contributed by atoms with Crippen LogP contribution in [-0.4, -0.2) is 30.6 Å². The second-order valence-electron chi connectivity index (χ2n) is 6.81. The van der Waals surface area contributed by atoms with E-state index in [1.807, 2.05) is 6.92 Å². The van der Waals surface area contributed by atoms with Crippen LogP contribution in [0.15, 0.2) is 24.3 Å². The Morgan fingerprint density at radius 1 is 1.33 bits per heavy atom. The first-order valence-corrected chi connectivity index (χ1v) is 7.86. The molecule has 3 heteroatoms. The fraction of sp³-hybridized carbons (Fsp3) is 0.611. The lowest BCUT2D eigenvalue weighted by molar-refractivity contribution is -0.160. The van der Waals surface area contributed by atoms with E-state index in [1.54, 1.807) is 0 Å². The van der Waals surface area contributed by atoms with Crippen molar-refractivity contribution >= 4 is 5.97 Å². The lowest BCUT2D eigenvalue weighted by Gasteiger charge is -2.31. The zero-order valence-corrected chi connectivity index (χ0v) is 13.7. The standard InChI is InChI=1S/C18H27NO2/c1-14(2)19(4)13-16-8-5-7-15(11-16)12-18(3)9-6-10-21-17(18)20/h5,7-8,11,14H,6,9-10,12-13H2,1-4H3. The molecule has 0 spiro atoms. The maximum absolute atomic E-state index is 12.0. The summed E-state index contributed by atoms with van der Waals surface area (Å²) in [6.45, 7) is 7.94. The number of rotatable bonds is 5. The number of hydrogen-bond acceptors (Lipinski definition) is 3. The Morgan fingerprint density at radius 3 is 2.71 bits per heavy atom. The molecule has 0 saturated carbocycles. The van der Waals surface area contributed by atoms with Crippen LogP contribution >= 0.6 is 0 Å². The first-order chi connectivity index (χ1) is 9.90. The van der Waals surface area contributed by atoms with Crippen molar-refractivity contribution in [1.82, 2.24) is 4.90 Å². The summed E-state index contributed by atoms with van der Waals surface area (Å²) in [5.74, 6) is -0.0431. The maximum Gasteiger partial charge on any atom is 0.312 e. The van der Waals surface area contributed by atoms with E-state index in [1.165, 1.54) is 11.1 Å². The number of ether oxygens (including phenoxy) is 1. The third-order valence-corrected chi connectivity index (χ3v) is 4.50. The van der Waals surface area contributed by atoms with E-state index < -0.39 is 0 Å². The van der Waals surface area contributed by atoms with Gasteiger partial charge in [-0.1, -0.05) is 24.3 Å². The van der Waals surface area contributed by atoms with Crippen LogP contribution in [0.2, 0.25) is 0 Å². The van der Waals surface area contributed by atoms with Crippen LogP contribution in [0.4, 0.5) is 0 Å². The summed E-state index contributed by atoms with van der Waals surface area (Å²) in [6, 6.07) is 9.12. The van der Waals surface area contributed by atoms with E-state index in [0.29, 0.717) is 12.6 Å². The van der Waals surface area contributed by atoms with Gasteiger partial charge < -0.3 is 4.74 Å². The van der Waals surface area contributed by atoms with E-state index in [9.17, 15) is 4.79 Å². The predicted octanol–water partition coefficient (Wildman–Crippen LogP) is 3.41. The number of hydrogen-bond donors (Lipinski definition) is 0. The molecule has 116 valence electrons. The van der Waals surface area contributed by atoms with Gasteiger partial charge in [-0.15, -0.1) is 0 Å². The van der Waals surface area contributed by atoms with Crippen molar-refractivity contribution in [3.05, 3.63) is 35.4 Å². The molecule has 1 aromatic rings. The summed E-state index contributed by atoms with van der Waals surface area (Å²) >= 11 is 0. The largest absolute Gasteiger partial charge is 0.465 e. The fourth-order valence-electron chi connectivity index (χ4n) is 2.82. The molecule has 2 rings (SSSR count). The van der Waals surface area contributed by atoms with Crippen LogP contribution in [0.3, 0.4) is 0 Å². The fourth-order valence-corrected chi connectivity index (χ4v) is 2.82. The molecule has 1 unspecified atom stereocenters. The van der Waals surface area contributed by atoms with E-state index in [4.69, 9.17) is 4.74 Å². The van der Waals surface area contributed by atoms with Crippen molar-refractivity contribution in [1.29, 1.82) is 0 Å².